The summed E-state index contributed by atoms with van der Waals surface area (Å²) in [5.74, 6) is -0.0484. The van der Waals surface area contributed by atoms with E-state index in [9.17, 15) is 19.8 Å². The summed E-state index contributed by atoms with van der Waals surface area (Å²) >= 11 is 0. The van der Waals surface area contributed by atoms with Crippen LogP contribution >= 0.6 is 0 Å². The van der Waals surface area contributed by atoms with Gasteiger partial charge >= 0.3 is 5.97 Å². The number of rotatable bonds is 63. The van der Waals surface area contributed by atoms with E-state index in [1.807, 2.05) is 6.08 Å². The highest BCUT2D eigenvalue weighted by molar-refractivity contribution is 5.76. The van der Waals surface area contributed by atoms with Crippen molar-refractivity contribution in [3.63, 3.8) is 0 Å². The number of carbonyl (C=O) groups excluding carboxylic acids is 2. The van der Waals surface area contributed by atoms with Crippen molar-refractivity contribution in [3.05, 3.63) is 24.3 Å². The van der Waals surface area contributed by atoms with Crippen molar-refractivity contribution in [2.24, 2.45) is 0 Å². The predicted molar refractivity (Wildman–Crippen MR) is 324 cm³/mol. The van der Waals surface area contributed by atoms with E-state index in [2.05, 4.69) is 31.3 Å². The van der Waals surface area contributed by atoms with Gasteiger partial charge in [0.1, 0.15) is 0 Å². The maximum Gasteiger partial charge on any atom is 0.305 e. The normalized spacial score (nSPS) is 12.6. The second-order valence-corrected chi connectivity index (χ2v) is 23.2. The second-order valence-electron chi connectivity index (χ2n) is 23.2. The number of esters is 1. The number of hydrogen-bond donors (Lipinski definition) is 3. The molecule has 6 heteroatoms. The topological polar surface area (TPSA) is 95.9 Å². The highest BCUT2D eigenvalue weighted by Crippen LogP contribution is 2.18. The average Bonchev–Trinajstić information content (AvgIpc) is 3.40. The fourth-order valence-corrected chi connectivity index (χ4v) is 10.6. The Morgan fingerprint density at radius 2 is 0.635 bits per heavy atom. The van der Waals surface area contributed by atoms with Crippen LogP contribution in [0.2, 0.25) is 0 Å². The number of hydrogen-bond acceptors (Lipinski definition) is 5. The smallest absolute Gasteiger partial charge is 0.305 e. The lowest BCUT2D eigenvalue weighted by molar-refractivity contribution is -0.143. The summed E-state index contributed by atoms with van der Waals surface area (Å²) in [5.41, 5.74) is 0. The van der Waals surface area contributed by atoms with Crippen LogP contribution in [0.25, 0.3) is 0 Å². The van der Waals surface area contributed by atoms with Gasteiger partial charge in [0.2, 0.25) is 5.91 Å². The number of amides is 1. The maximum atomic E-state index is 12.5. The molecule has 6 nitrogen and oxygen atoms in total. The minimum absolute atomic E-state index is 0.0192. The summed E-state index contributed by atoms with van der Waals surface area (Å²) in [7, 11) is 0. The molecule has 0 bridgehead atoms. The monoisotopic (exact) mass is 1040 g/mol. The van der Waals surface area contributed by atoms with Gasteiger partial charge < -0.3 is 20.3 Å². The first kappa shape index (κ1) is 72.3. The van der Waals surface area contributed by atoms with Crippen molar-refractivity contribution in [3.8, 4) is 0 Å². The molecule has 0 aromatic carbocycles. The molecule has 0 fully saturated rings. The Morgan fingerprint density at radius 1 is 0.365 bits per heavy atom. The molecule has 74 heavy (non-hydrogen) atoms. The zero-order chi connectivity index (χ0) is 53.6. The van der Waals surface area contributed by atoms with Gasteiger partial charge in [-0.25, -0.2) is 0 Å². The summed E-state index contributed by atoms with van der Waals surface area (Å²) in [6, 6.07) is -0.627. The predicted octanol–water partition coefficient (Wildman–Crippen LogP) is 21.4. The number of aliphatic hydroxyl groups excluding tert-OH is 2. The zero-order valence-electron chi connectivity index (χ0n) is 50.1. The van der Waals surface area contributed by atoms with Crippen molar-refractivity contribution >= 4 is 11.9 Å². The Morgan fingerprint density at radius 3 is 0.959 bits per heavy atom. The molecule has 0 spiro atoms. The largest absolute Gasteiger partial charge is 0.466 e. The molecule has 1 amide bonds. The van der Waals surface area contributed by atoms with Crippen LogP contribution in [0.3, 0.4) is 0 Å². The van der Waals surface area contributed by atoms with Gasteiger partial charge in [-0.05, 0) is 57.8 Å². The van der Waals surface area contributed by atoms with Gasteiger partial charge in [-0.2, -0.15) is 0 Å². The van der Waals surface area contributed by atoms with Crippen LogP contribution in [0.5, 0.6) is 0 Å². The summed E-state index contributed by atoms with van der Waals surface area (Å²) in [5, 5.41) is 23.1. The number of ether oxygens (including phenoxy) is 1. The highest BCUT2D eigenvalue weighted by Gasteiger charge is 2.18. The van der Waals surface area contributed by atoms with Crippen molar-refractivity contribution in [1.82, 2.24) is 5.32 Å². The first-order valence-electron chi connectivity index (χ1n) is 33.6. The molecule has 0 aliphatic rings. The molecule has 2 unspecified atom stereocenters. The quantitative estimate of drug-likeness (QED) is 0.0320. The molecule has 438 valence electrons. The van der Waals surface area contributed by atoms with E-state index < -0.39 is 12.1 Å². The number of carbonyl (C=O) groups is 2. The van der Waals surface area contributed by atoms with Crippen molar-refractivity contribution in [2.75, 3.05) is 13.2 Å². The highest BCUT2D eigenvalue weighted by atomic mass is 16.5. The SMILES string of the molecule is CCCCCCCCCCCCC/C=C/C(O)C(CO)NC(=O)CCCCCCCCCCCCC/C=C\CCCCCCCCCCCCCCOC(=O)CCCCCCCCCCCCCCCCCCC. The zero-order valence-corrected chi connectivity index (χ0v) is 50.1. The van der Waals surface area contributed by atoms with Crippen LogP contribution in [0.15, 0.2) is 24.3 Å². The fraction of sp³-hybridized carbons (Fsp3) is 0.912. The van der Waals surface area contributed by atoms with Gasteiger partial charge in [-0.1, -0.05) is 327 Å². The Labute approximate surface area is 462 Å². The van der Waals surface area contributed by atoms with Crippen LogP contribution in [0.4, 0.5) is 0 Å². The average molecular weight is 1040 g/mol. The molecule has 0 heterocycles. The first-order valence-corrected chi connectivity index (χ1v) is 33.6. The minimum Gasteiger partial charge on any atom is -0.466 e. The Hall–Kier alpha value is -1.66. The van der Waals surface area contributed by atoms with E-state index in [1.165, 1.54) is 308 Å². The third-order valence-corrected chi connectivity index (χ3v) is 15.7. The van der Waals surface area contributed by atoms with Gasteiger partial charge in [0.25, 0.3) is 0 Å². The van der Waals surface area contributed by atoms with E-state index in [4.69, 9.17) is 4.74 Å². The molecule has 0 saturated carbocycles. The van der Waals surface area contributed by atoms with E-state index in [0.717, 1.165) is 38.5 Å². The summed E-state index contributed by atoms with van der Waals surface area (Å²) in [6.07, 6.45) is 79.6. The lowest BCUT2D eigenvalue weighted by atomic mass is 10.0. The molecule has 0 aromatic rings. The Kier molecular flexibility index (Phi) is 62.4. The number of aliphatic hydroxyl groups is 2. The molecular formula is C68H131NO5. The molecule has 0 aliphatic carbocycles. The fourth-order valence-electron chi connectivity index (χ4n) is 10.6. The van der Waals surface area contributed by atoms with Crippen LogP contribution in [-0.4, -0.2) is 47.4 Å². The molecule has 0 radical (unpaired) electrons. The van der Waals surface area contributed by atoms with E-state index in [-0.39, 0.29) is 18.5 Å². The van der Waals surface area contributed by atoms with Crippen LogP contribution < -0.4 is 5.32 Å². The number of nitrogens with one attached hydrogen (secondary N) is 1. The van der Waals surface area contributed by atoms with Gasteiger partial charge in [0.05, 0.1) is 25.4 Å². The number of allylic oxidation sites excluding steroid dienone is 3. The first-order chi connectivity index (χ1) is 36.5. The number of unbranched alkanes of at least 4 members (excludes halogenated alkanes) is 50. The second kappa shape index (κ2) is 63.9. The van der Waals surface area contributed by atoms with Crippen LogP contribution in [-0.2, 0) is 14.3 Å². The third kappa shape index (κ3) is 59.6. The van der Waals surface area contributed by atoms with E-state index in [1.54, 1.807) is 6.08 Å². The van der Waals surface area contributed by atoms with Gasteiger partial charge in [-0.3, -0.25) is 9.59 Å². The Balaban J connectivity index is 3.37. The van der Waals surface area contributed by atoms with Crippen molar-refractivity contribution in [1.29, 1.82) is 0 Å². The lowest BCUT2D eigenvalue weighted by Crippen LogP contribution is -2.45. The summed E-state index contributed by atoms with van der Waals surface area (Å²) in [4.78, 5) is 24.5. The minimum atomic E-state index is -0.844. The van der Waals surface area contributed by atoms with E-state index in [0.29, 0.717) is 19.4 Å². The summed E-state index contributed by atoms with van der Waals surface area (Å²) < 4.78 is 5.50. The van der Waals surface area contributed by atoms with Gasteiger partial charge in [-0.15, -0.1) is 0 Å². The third-order valence-electron chi connectivity index (χ3n) is 15.7. The van der Waals surface area contributed by atoms with Crippen LogP contribution in [0, 0.1) is 0 Å². The van der Waals surface area contributed by atoms with Gasteiger partial charge in [0, 0.05) is 12.8 Å². The molecule has 2 atom stereocenters. The molecule has 0 aliphatic heterocycles. The van der Waals surface area contributed by atoms with Crippen molar-refractivity contribution < 1.29 is 24.5 Å². The van der Waals surface area contributed by atoms with Gasteiger partial charge in [0.15, 0.2) is 0 Å². The Bertz CT molecular complexity index is 1150. The molecule has 0 rings (SSSR count). The van der Waals surface area contributed by atoms with Crippen molar-refractivity contribution in [2.45, 2.75) is 386 Å². The molecule has 3 N–H and O–H groups in total. The maximum absolute atomic E-state index is 12.5. The molecule has 0 saturated heterocycles. The molecule has 0 aromatic heterocycles. The molecular weight excluding hydrogens is 911 g/mol. The van der Waals surface area contributed by atoms with E-state index >= 15 is 0 Å². The standard InChI is InChI=1S/C68H131NO5/c1-3-5-7-9-11-13-15-17-18-30-34-38-42-46-50-54-58-62-68(73)74-63-59-55-51-47-43-39-35-32-29-27-25-23-21-19-20-22-24-26-28-31-33-37-41-45-49-53-57-61-67(72)69-65(64-70)66(71)60-56-52-48-44-40-36-16-14-12-10-8-6-4-2/h19-20,56,60,65-66,70-71H,3-18,21-55,57-59,61-64H2,1-2H3,(H,69,72)/b20-19-,60-56+. The lowest BCUT2D eigenvalue weighted by Gasteiger charge is -2.20. The summed E-state index contributed by atoms with van der Waals surface area (Å²) in [6.45, 7) is 4.93. The van der Waals surface area contributed by atoms with Crippen LogP contribution in [0.1, 0.15) is 373 Å².